The fourth-order valence-electron chi connectivity index (χ4n) is 3.01. The molecule has 170 valence electrons. The minimum Gasteiger partial charge on any atom is -0.295 e. The van der Waals surface area contributed by atoms with Crippen LogP contribution in [0.15, 0.2) is 30.3 Å². The van der Waals surface area contributed by atoms with Crippen molar-refractivity contribution in [1.82, 2.24) is 9.97 Å². The smallest absolute Gasteiger partial charge is 0.239 e. The number of hydrogen-bond acceptors (Lipinski definition) is 6. The second kappa shape index (κ2) is 10.5. The molecule has 1 aromatic heterocycles. The summed E-state index contributed by atoms with van der Waals surface area (Å²) < 4.78 is 38.6. The first-order valence-corrected chi connectivity index (χ1v) is 12.0. The van der Waals surface area contributed by atoms with Gasteiger partial charge in [0.1, 0.15) is 5.82 Å². The summed E-state index contributed by atoms with van der Waals surface area (Å²) in [5.41, 5.74) is 2.06. The van der Waals surface area contributed by atoms with Gasteiger partial charge in [-0.3, -0.25) is 4.79 Å². The highest BCUT2D eigenvalue weighted by atomic mass is 32.2. The first kappa shape index (κ1) is 25.1. The van der Waals surface area contributed by atoms with Gasteiger partial charge >= 0.3 is 0 Å². The van der Waals surface area contributed by atoms with Crippen molar-refractivity contribution >= 4 is 27.8 Å². The largest absolute Gasteiger partial charge is 0.295 e. The lowest BCUT2D eigenvalue weighted by Gasteiger charge is -2.20. The van der Waals surface area contributed by atoms with Crippen molar-refractivity contribution in [3.8, 4) is 17.3 Å². The van der Waals surface area contributed by atoms with E-state index >= 15 is 0 Å². The first-order valence-electron chi connectivity index (χ1n) is 10.1. The topological polar surface area (TPSA) is 104 Å². The summed E-state index contributed by atoms with van der Waals surface area (Å²) in [6.45, 7) is 5.63. The predicted molar refractivity (Wildman–Crippen MR) is 123 cm³/mol. The number of hydrogen-bond donors (Lipinski definition) is 0. The Kier molecular flexibility index (Phi) is 8.22. The zero-order valence-corrected chi connectivity index (χ0v) is 19.6. The molecule has 0 bridgehead atoms. The van der Waals surface area contributed by atoms with E-state index in [0.717, 1.165) is 10.6 Å². The van der Waals surface area contributed by atoms with Gasteiger partial charge in [-0.2, -0.15) is 5.26 Å². The van der Waals surface area contributed by atoms with Crippen LogP contribution in [0.3, 0.4) is 0 Å². The van der Waals surface area contributed by atoms with Crippen molar-refractivity contribution in [2.45, 2.75) is 39.5 Å². The van der Waals surface area contributed by atoms with E-state index in [1.807, 2.05) is 20.8 Å². The van der Waals surface area contributed by atoms with Crippen molar-refractivity contribution in [2.75, 3.05) is 17.6 Å². The van der Waals surface area contributed by atoms with Crippen LogP contribution in [0, 0.1) is 23.1 Å². The second-order valence-corrected chi connectivity index (χ2v) is 10.0. The normalized spacial score (nSPS) is 12.7. The Morgan fingerprint density at radius 2 is 1.84 bits per heavy atom. The van der Waals surface area contributed by atoms with Crippen LogP contribution in [0.2, 0.25) is 0 Å². The zero-order chi connectivity index (χ0) is 24.1. The zero-order valence-electron chi connectivity index (χ0n) is 18.8. The first-order chi connectivity index (χ1) is 14.9. The van der Waals surface area contributed by atoms with Gasteiger partial charge in [0.15, 0.2) is 5.78 Å². The lowest BCUT2D eigenvalue weighted by atomic mass is 9.96. The maximum Gasteiger partial charge on any atom is 0.239 e. The number of sulfonamides is 1. The maximum atomic E-state index is 13.5. The number of nitriles is 1. The summed E-state index contributed by atoms with van der Waals surface area (Å²) in [4.78, 5) is 21.3. The summed E-state index contributed by atoms with van der Waals surface area (Å²) in [5, 5.41) is 8.80. The van der Waals surface area contributed by atoms with Crippen LogP contribution in [0.4, 0.5) is 10.3 Å². The fourth-order valence-corrected chi connectivity index (χ4v) is 3.39. The van der Waals surface area contributed by atoms with Gasteiger partial charge in [0, 0.05) is 31.0 Å². The van der Waals surface area contributed by atoms with Crippen LogP contribution in [0.5, 0.6) is 0 Å². The Morgan fingerprint density at radius 3 is 2.38 bits per heavy atom. The third-order valence-electron chi connectivity index (χ3n) is 4.83. The van der Waals surface area contributed by atoms with Gasteiger partial charge in [0.2, 0.25) is 16.0 Å². The number of anilines is 1. The van der Waals surface area contributed by atoms with Crippen LogP contribution >= 0.6 is 0 Å². The lowest BCUT2D eigenvalue weighted by Crippen LogP contribution is -2.27. The van der Waals surface area contributed by atoms with E-state index in [9.17, 15) is 17.6 Å². The quantitative estimate of drug-likeness (QED) is 0.518. The molecule has 0 radical (unpaired) electrons. The molecule has 0 saturated heterocycles. The average molecular weight is 459 g/mol. The molecule has 0 amide bonds. The number of ketones is 1. The van der Waals surface area contributed by atoms with Gasteiger partial charge in [-0.15, -0.1) is 0 Å². The Hall–Kier alpha value is -3.12. The third kappa shape index (κ3) is 6.44. The minimum atomic E-state index is -3.61. The highest BCUT2D eigenvalue weighted by Gasteiger charge is 2.22. The van der Waals surface area contributed by atoms with E-state index in [4.69, 9.17) is 5.26 Å². The average Bonchev–Trinajstić information content (AvgIpc) is 2.71. The molecule has 1 heterocycles. The molecular weight excluding hydrogens is 431 g/mol. The Balaban J connectivity index is 2.67. The molecule has 2 aromatic rings. The van der Waals surface area contributed by atoms with Crippen LogP contribution in [0.25, 0.3) is 17.3 Å². The van der Waals surface area contributed by atoms with Gasteiger partial charge in [-0.05, 0) is 48.3 Å². The Morgan fingerprint density at radius 1 is 1.22 bits per heavy atom. The van der Waals surface area contributed by atoms with Crippen LogP contribution in [-0.2, 0) is 14.8 Å². The summed E-state index contributed by atoms with van der Waals surface area (Å²) in [5.74, 6) is -0.762. The number of carbonyl (C=O) groups is 1. The number of nitrogens with zero attached hydrogens (tertiary/aromatic N) is 4. The van der Waals surface area contributed by atoms with Gasteiger partial charge in [-0.1, -0.05) is 20.8 Å². The van der Waals surface area contributed by atoms with Gasteiger partial charge in [-0.25, -0.2) is 27.1 Å². The predicted octanol–water partition coefficient (Wildman–Crippen LogP) is 4.32. The van der Waals surface area contributed by atoms with Crippen molar-refractivity contribution in [3.63, 3.8) is 0 Å². The van der Waals surface area contributed by atoms with E-state index in [1.54, 1.807) is 18.2 Å². The summed E-state index contributed by atoms with van der Waals surface area (Å²) in [6, 6.07) is 7.71. The molecule has 1 aromatic carbocycles. The summed E-state index contributed by atoms with van der Waals surface area (Å²) >= 11 is 0. The molecule has 0 N–H and O–H groups in total. The molecule has 0 saturated carbocycles. The molecule has 0 aliphatic rings. The number of rotatable bonds is 9. The Labute approximate surface area is 188 Å². The van der Waals surface area contributed by atoms with E-state index < -0.39 is 15.8 Å². The lowest BCUT2D eigenvalue weighted by molar-refractivity contribution is -0.115. The molecule has 0 aliphatic heterocycles. The monoisotopic (exact) mass is 458 g/mol. The second-order valence-electron chi connectivity index (χ2n) is 8.03. The molecule has 2 rings (SSSR count). The van der Waals surface area contributed by atoms with Gasteiger partial charge in [0.05, 0.1) is 23.7 Å². The third-order valence-corrected chi connectivity index (χ3v) is 5.99. The highest BCUT2D eigenvalue weighted by molar-refractivity contribution is 7.92. The number of benzene rings is 1. The molecule has 1 atom stereocenters. The molecule has 32 heavy (non-hydrogen) atoms. The Bertz CT molecular complexity index is 1150. The standard InChI is InChI=1S/C23H27FN4O3S/c1-15(2)21-20(11-10-19(29)14-16(3)12-13-25)22(17-6-8-18(24)9-7-17)27-23(26-21)28(4)32(5,30)31/h6-11,15-16H,12,14H2,1-5H3/b11-10+/t16-/m1/s1. The van der Waals surface area contributed by atoms with E-state index in [1.165, 1.54) is 25.3 Å². The highest BCUT2D eigenvalue weighted by Crippen LogP contribution is 2.31. The fraction of sp³-hybridized carbons (Fsp3) is 0.391. The molecule has 9 heteroatoms. The molecule has 0 aliphatic carbocycles. The number of aromatic nitrogens is 2. The van der Waals surface area contributed by atoms with Crippen LogP contribution in [0.1, 0.15) is 50.8 Å². The number of carbonyl (C=O) groups excluding carboxylic acids is 1. The van der Waals surface area contributed by atoms with Crippen LogP contribution < -0.4 is 4.31 Å². The maximum absolute atomic E-state index is 13.5. The van der Waals surface area contributed by atoms with E-state index in [0.29, 0.717) is 22.5 Å². The van der Waals surface area contributed by atoms with Crippen molar-refractivity contribution in [1.29, 1.82) is 5.26 Å². The molecular formula is C23H27FN4O3S. The van der Waals surface area contributed by atoms with Crippen molar-refractivity contribution in [3.05, 3.63) is 47.4 Å². The van der Waals surface area contributed by atoms with E-state index in [-0.39, 0.29) is 36.4 Å². The molecule has 0 unspecified atom stereocenters. The van der Waals surface area contributed by atoms with Gasteiger partial charge < -0.3 is 0 Å². The number of allylic oxidation sites excluding steroid dienone is 1. The van der Waals surface area contributed by atoms with Crippen molar-refractivity contribution < 1.29 is 17.6 Å². The van der Waals surface area contributed by atoms with Crippen molar-refractivity contribution in [2.24, 2.45) is 5.92 Å². The van der Waals surface area contributed by atoms with Crippen LogP contribution in [-0.4, -0.2) is 37.5 Å². The molecule has 7 nitrogen and oxygen atoms in total. The summed E-state index contributed by atoms with van der Waals surface area (Å²) in [7, 11) is -2.25. The number of halogens is 1. The SMILES string of the molecule is CC(C)c1nc(N(C)S(C)(=O)=O)nc(-c2ccc(F)cc2)c1/C=C/C(=O)C[C@H](C)CC#N. The minimum absolute atomic E-state index is 0.0124. The molecule has 0 fully saturated rings. The summed E-state index contributed by atoms with van der Waals surface area (Å²) in [6.07, 6.45) is 4.60. The van der Waals surface area contributed by atoms with E-state index in [2.05, 4.69) is 16.0 Å². The van der Waals surface area contributed by atoms with Gasteiger partial charge in [0.25, 0.3) is 0 Å². The molecule has 0 spiro atoms.